The molecule has 1 aliphatic heterocycles. The van der Waals surface area contributed by atoms with Crippen LogP contribution in [0.2, 0.25) is 0 Å². The van der Waals surface area contributed by atoms with Crippen molar-refractivity contribution in [1.29, 1.82) is 0 Å². The van der Waals surface area contributed by atoms with Crippen LogP contribution in [0.3, 0.4) is 0 Å². The summed E-state index contributed by atoms with van der Waals surface area (Å²) in [5.41, 5.74) is 5.71. The second kappa shape index (κ2) is 6.90. The number of piperidine rings is 1. The minimum Gasteiger partial charge on any atom is -0.354 e. The minimum atomic E-state index is -0.607. The highest BCUT2D eigenvalue weighted by Gasteiger charge is 2.37. The molecule has 0 radical (unpaired) electrons. The van der Waals surface area contributed by atoms with Gasteiger partial charge in [-0.1, -0.05) is 19.8 Å². The Hall–Kier alpha value is -0.610. The zero-order valence-corrected chi connectivity index (χ0v) is 13.2. The molecule has 0 aromatic rings. The predicted octanol–water partition coefficient (Wildman–Crippen LogP) is 1.74. The molecule has 3 N–H and O–H groups in total. The fourth-order valence-corrected chi connectivity index (χ4v) is 3.71. The molecule has 2 aliphatic rings. The van der Waals surface area contributed by atoms with Crippen LogP contribution in [-0.2, 0) is 4.79 Å². The number of nitrogens with one attached hydrogen (secondary N) is 1. The molecule has 1 amide bonds. The standard InChI is InChI=1S/C16H31N3O/c1-13-4-3-8-16(17,12-13)15(20)18-9-5-14-6-10-19(2)11-7-14/h13-14H,3-12,17H2,1-2H3,(H,18,20). The van der Waals surface area contributed by atoms with E-state index in [1.165, 1.54) is 32.4 Å². The van der Waals surface area contributed by atoms with Crippen molar-refractivity contribution in [3.05, 3.63) is 0 Å². The summed E-state index contributed by atoms with van der Waals surface area (Å²) in [5, 5.41) is 3.09. The van der Waals surface area contributed by atoms with Crippen molar-refractivity contribution in [3.63, 3.8) is 0 Å². The molecule has 2 fully saturated rings. The zero-order valence-electron chi connectivity index (χ0n) is 13.2. The summed E-state index contributed by atoms with van der Waals surface area (Å²) in [6.07, 6.45) is 7.60. The summed E-state index contributed by atoms with van der Waals surface area (Å²) in [6, 6.07) is 0. The zero-order chi connectivity index (χ0) is 14.6. The molecule has 1 aliphatic carbocycles. The Morgan fingerprint density at radius 1 is 1.35 bits per heavy atom. The average molecular weight is 281 g/mol. The number of hydrogen-bond acceptors (Lipinski definition) is 3. The van der Waals surface area contributed by atoms with Gasteiger partial charge in [-0.3, -0.25) is 4.79 Å². The van der Waals surface area contributed by atoms with E-state index in [9.17, 15) is 4.79 Å². The lowest BCUT2D eigenvalue weighted by Gasteiger charge is -2.35. The second-order valence-corrected chi connectivity index (χ2v) is 7.15. The topological polar surface area (TPSA) is 58.4 Å². The molecule has 4 heteroatoms. The Morgan fingerprint density at radius 3 is 2.70 bits per heavy atom. The molecule has 1 heterocycles. The Balaban J connectivity index is 1.69. The first-order valence-corrected chi connectivity index (χ1v) is 8.25. The molecule has 2 atom stereocenters. The number of rotatable bonds is 4. The maximum atomic E-state index is 12.3. The van der Waals surface area contributed by atoms with Gasteiger partial charge in [-0.2, -0.15) is 0 Å². The fourth-order valence-electron chi connectivity index (χ4n) is 3.71. The number of amides is 1. The van der Waals surface area contributed by atoms with Crippen LogP contribution in [0, 0.1) is 11.8 Å². The lowest BCUT2D eigenvalue weighted by molar-refractivity contribution is -0.128. The highest BCUT2D eigenvalue weighted by Crippen LogP contribution is 2.30. The number of carbonyl (C=O) groups is 1. The molecule has 116 valence electrons. The van der Waals surface area contributed by atoms with Crippen LogP contribution in [0.5, 0.6) is 0 Å². The molecule has 0 aromatic heterocycles. The van der Waals surface area contributed by atoms with Crippen molar-refractivity contribution >= 4 is 5.91 Å². The van der Waals surface area contributed by atoms with Gasteiger partial charge in [0.05, 0.1) is 5.54 Å². The summed E-state index contributed by atoms with van der Waals surface area (Å²) < 4.78 is 0. The Kier molecular flexibility index (Phi) is 5.44. The SMILES string of the molecule is CC1CCCC(N)(C(=O)NCCC2CCN(C)CC2)C1. The van der Waals surface area contributed by atoms with E-state index in [0.29, 0.717) is 5.92 Å². The first kappa shape index (κ1) is 15.8. The van der Waals surface area contributed by atoms with Gasteiger partial charge in [-0.25, -0.2) is 0 Å². The van der Waals surface area contributed by atoms with Gasteiger partial charge in [-0.15, -0.1) is 0 Å². The van der Waals surface area contributed by atoms with Crippen LogP contribution in [0.4, 0.5) is 0 Å². The Morgan fingerprint density at radius 2 is 2.05 bits per heavy atom. The van der Waals surface area contributed by atoms with E-state index >= 15 is 0 Å². The van der Waals surface area contributed by atoms with Gasteiger partial charge in [0.25, 0.3) is 0 Å². The van der Waals surface area contributed by atoms with Crippen LogP contribution in [0.15, 0.2) is 0 Å². The number of nitrogens with zero attached hydrogens (tertiary/aromatic N) is 1. The molecular weight excluding hydrogens is 250 g/mol. The van der Waals surface area contributed by atoms with E-state index in [0.717, 1.165) is 38.1 Å². The van der Waals surface area contributed by atoms with Gasteiger partial charge in [0.15, 0.2) is 0 Å². The van der Waals surface area contributed by atoms with Crippen molar-refractivity contribution in [2.75, 3.05) is 26.7 Å². The Bertz CT molecular complexity index is 326. The van der Waals surface area contributed by atoms with E-state index in [-0.39, 0.29) is 5.91 Å². The third kappa shape index (κ3) is 4.19. The van der Waals surface area contributed by atoms with Crippen molar-refractivity contribution in [1.82, 2.24) is 10.2 Å². The summed E-state index contributed by atoms with van der Waals surface area (Å²) in [7, 11) is 2.18. The number of hydrogen-bond donors (Lipinski definition) is 2. The Labute approximate surface area is 123 Å². The van der Waals surface area contributed by atoms with Crippen molar-refractivity contribution in [2.24, 2.45) is 17.6 Å². The van der Waals surface area contributed by atoms with Crippen molar-refractivity contribution < 1.29 is 4.79 Å². The van der Waals surface area contributed by atoms with Crippen molar-refractivity contribution in [3.8, 4) is 0 Å². The molecule has 20 heavy (non-hydrogen) atoms. The smallest absolute Gasteiger partial charge is 0.240 e. The third-order valence-electron chi connectivity index (χ3n) is 5.16. The molecule has 0 aromatic carbocycles. The lowest BCUT2D eigenvalue weighted by atomic mass is 9.76. The normalized spacial score (nSPS) is 33.0. The number of likely N-dealkylation sites (tertiary alicyclic amines) is 1. The van der Waals surface area contributed by atoms with Gasteiger partial charge < -0.3 is 16.0 Å². The van der Waals surface area contributed by atoms with Crippen LogP contribution in [-0.4, -0.2) is 43.0 Å². The summed E-state index contributed by atoms with van der Waals surface area (Å²) in [6.45, 7) is 5.38. The second-order valence-electron chi connectivity index (χ2n) is 7.15. The first-order valence-electron chi connectivity index (χ1n) is 8.25. The van der Waals surface area contributed by atoms with Gasteiger partial charge >= 0.3 is 0 Å². The molecule has 4 nitrogen and oxygen atoms in total. The van der Waals surface area contributed by atoms with Crippen LogP contribution < -0.4 is 11.1 Å². The quantitative estimate of drug-likeness (QED) is 0.825. The van der Waals surface area contributed by atoms with Gasteiger partial charge in [0, 0.05) is 6.54 Å². The van der Waals surface area contributed by atoms with E-state index < -0.39 is 5.54 Å². The van der Waals surface area contributed by atoms with E-state index in [4.69, 9.17) is 5.73 Å². The number of carbonyl (C=O) groups excluding carboxylic acids is 1. The fraction of sp³-hybridized carbons (Fsp3) is 0.938. The predicted molar refractivity (Wildman–Crippen MR) is 82.4 cm³/mol. The lowest BCUT2D eigenvalue weighted by Crippen LogP contribution is -2.56. The molecule has 2 unspecified atom stereocenters. The van der Waals surface area contributed by atoms with Crippen LogP contribution in [0.25, 0.3) is 0 Å². The average Bonchev–Trinajstić information content (AvgIpc) is 2.40. The van der Waals surface area contributed by atoms with Crippen molar-refractivity contribution in [2.45, 2.75) is 57.4 Å². The molecule has 1 saturated heterocycles. The van der Waals surface area contributed by atoms with Crippen LogP contribution >= 0.6 is 0 Å². The molecule has 0 spiro atoms. The monoisotopic (exact) mass is 281 g/mol. The molecular formula is C16H31N3O. The number of nitrogens with two attached hydrogens (primary N) is 1. The summed E-state index contributed by atoms with van der Waals surface area (Å²) >= 11 is 0. The van der Waals surface area contributed by atoms with Crippen LogP contribution in [0.1, 0.15) is 51.9 Å². The van der Waals surface area contributed by atoms with E-state index in [1.807, 2.05) is 0 Å². The molecule has 0 bridgehead atoms. The largest absolute Gasteiger partial charge is 0.354 e. The molecule has 2 rings (SSSR count). The minimum absolute atomic E-state index is 0.0805. The van der Waals surface area contributed by atoms with E-state index in [1.54, 1.807) is 0 Å². The maximum Gasteiger partial charge on any atom is 0.240 e. The van der Waals surface area contributed by atoms with Gasteiger partial charge in [0.1, 0.15) is 0 Å². The highest BCUT2D eigenvalue weighted by atomic mass is 16.2. The third-order valence-corrected chi connectivity index (χ3v) is 5.16. The summed E-state index contributed by atoms with van der Waals surface area (Å²) in [4.78, 5) is 14.7. The van der Waals surface area contributed by atoms with Gasteiger partial charge in [0.2, 0.25) is 5.91 Å². The molecule has 1 saturated carbocycles. The summed E-state index contributed by atoms with van der Waals surface area (Å²) in [5.74, 6) is 1.43. The van der Waals surface area contributed by atoms with Gasteiger partial charge in [-0.05, 0) is 64.1 Å². The highest BCUT2D eigenvalue weighted by molar-refractivity contribution is 5.86. The first-order chi connectivity index (χ1) is 9.49. The maximum absolute atomic E-state index is 12.3. The van der Waals surface area contributed by atoms with E-state index in [2.05, 4.69) is 24.2 Å².